The standard InChI is InChI=1S/C18H13ClN6/c19-13-6-8-14(9-7-13)22-16-11-21-25-18(24-16)23-15-5-1-3-12-4-2-10-20-17(12)15/h1-11H,(H2,22,23,24,25). The largest absolute Gasteiger partial charge is 0.339 e. The summed E-state index contributed by atoms with van der Waals surface area (Å²) in [6.07, 6.45) is 3.31. The molecule has 25 heavy (non-hydrogen) atoms. The number of benzene rings is 2. The van der Waals surface area contributed by atoms with Crippen LogP contribution in [-0.2, 0) is 0 Å². The summed E-state index contributed by atoms with van der Waals surface area (Å²) in [7, 11) is 0. The van der Waals surface area contributed by atoms with E-state index in [0.717, 1.165) is 22.3 Å². The quantitative estimate of drug-likeness (QED) is 0.563. The molecule has 7 heteroatoms. The lowest BCUT2D eigenvalue weighted by Gasteiger charge is -2.09. The first kappa shape index (κ1) is 15.3. The van der Waals surface area contributed by atoms with Gasteiger partial charge in [0.15, 0.2) is 5.82 Å². The maximum absolute atomic E-state index is 5.90. The molecule has 122 valence electrons. The van der Waals surface area contributed by atoms with Crippen LogP contribution in [0.5, 0.6) is 0 Å². The highest BCUT2D eigenvalue weighted by Crippen LogP contribution is 2.23. The second-order valence-corrected chi connectivity index (χ2v) is 5.74. The van der Waals surface area contributed by atoms with Gasteiger partial charge in [-0.3, -0.25) is 4.98 Å². The van der Waals surface area contributed by atoms with Gasteiger partial charge in [-0.15, -0.1) is 5.10 Å². The van der Waals surface area contributed by atoms with Gasteiger partial charge in [0.05, 0.1) is 17.4 Å². The maximum atomic E-state index is 5.90. The van der Waals surface area contributed by atoms with Crippen LogP contribution in [0.4, 0.5) is 23.1 Å². The van der Waals surface area contributed by atoms with E-state index in [1.807, 2.05) is 42.5 Å². The SMILES string of the molecule is Clc1ccc(Nc2cnnc(Nc3cccc4cccnc34)n2)cc1. The number of halogens is 1. The Labute approximate surface area is 148 Å². The molecule has 4 aromatic rings. The number of para-hydroxylation sites is 1. The summed E-state index contributed by atoms with van der Waals surface area (Å²) in [6, 6.07) is 17.1. The fourth-order valence-electron chi connectivity index (χ4n) is 2.42. The molecule has 0 amide bonds. The first-order chi connectivity index (χ1) is 12.3. The van der Waals surface area contributed by atoms with Crippen molar-refractivity contribution >= 4 is 45.6 Å². The van der Waals surface area contributed by atoms with E-state index in [0.29, 0.717) is 16.8 Å². The molecule has 0 atom stereocenters. The fraction of sp³-hybridized carbons (Fsp3) is 0. The topological polar surface area (TPSA) is 75.6 Å². The Morgan fingerprint density at radius 2 is 1.72 bits per heavy atom. The fourth-order valence-corrected chi connectivity index (χ4v) is 2.55. The molecular weight excluding hydrogens is 336 g/mol. The van der Waals surface area contributed by atoms with Crippen LogP contribution in [0.1, 0.15) is 0 Å². The lowest BCUT2D eigenvalue weighted by atomic mass is 10.2. The van der Waals surface area contributed by atoms with E-state index < -0.39 is 0 Å². The number of rotatable bonds is 4. The van der Waals surface area contributed by atoms with Crippen LogP contribution in [-0.4, -0.2) is 20.2 Å². The van der Waals surface area contributed by atoms with Crippen LogP contribution >= 0.6 is 11.6 Å². The number of hydrogen-bond acceptors (Lipinski definition) is 6. The van der Waals surface area contributed by atoms with Crippen molar-refractivity contribution in [3.8, 4) is 0 Å². The van der Waals surface area contributed by atoms with E-state index in [9.17, 15) is 0 Å². The molecular formula is C18H13ClN6. The Balaban J connectivity index is 1.60. The smallest absolute Gasteiger partial charge is 0.249 e. The summed E-state index contributed by atoms with van der Waals surface area (Å²) in [5.74, 6) is 0.963. The number of pyridine rings is 1. The first-order valence-corrected chi connectivity index (χ1v) is 7.99. The molecule has 0 aliphatic carbocycles. The number of fused-ring (bicyclic) bond motifs is 1. The predicted molar refractivity (Wildman–Crippen MR) is 99.6 cm³/mol. The highest BCUT2D eigenvalue weighted by Gasteiger charge is 2.06. The summed E-state index contributed by atoms with van der Waals surface area (Å²) in [5, 5.41) is 16.1. The van der Waals surface area contributed by atoms with E-state index in [-0.39, 0.29) is 0 Å². The van der Waals surface area contributed by atoms with Gasteiger partial charge in [-0.05, 0) is 36.4 Å². The minimum absolute atomic E-state index is 0.386. The van der Waals surface area contributed by atoms with Crippen molar-refractivity contribution in [1.29, 1.82) is 0 Å². The van der Waals surface area contributed by atoms with E-state index in [1.165, 1.54) is 0 Å². The molecule has 6 nitrogen and oxygen atoms in total. The number of anilines is 4. The third kappa shape index (κ3) is 3.49. The lowest BCUT2D eigenvalue weighted by molar-refractivity contribution is 0.983. The third-order valence-electron chi connectivity index (χ3n) is 3.55. The van der Waals surface area contributed by atoms with Crippen LogP contribution in [0, 0.1) is 0 Å². The van der Waals surface area contributed by atoms with Gasteiger partial charge in [-0.1, -0.05) is 29.8 Å². The van der Waals surface area contributed by atoms with Crippen molar-refractivity contribution in [1.82, 2.24) is 20.2 Å². The minimum atomic E-state index is 0.386. The Hall–Kier alpha value is -3.25. The van der Waals surface area contributed by atoms with Crippen molar-refractivity contribution in [3.63, 3.8) is 0 Å². The van der Waals surface area contributed by atoms with Crippen molar-refractivity contribution in [2.24, 2.45) is 0 Å². The zero-order valence-corrected chi connectivity index (χ0v) is 13.8. The van der Waals surface area contributed by atoms with E-state index in [1.54, 1.807) is 24.5 Å². The van der Waals surface area contributed by atoms with Gasteiger partial charge in [-0.25, -0.2) is 0 Å². The zero-order valence-electron chi connectivity index (χ0n) is 13.0. The zero-order chi connectivity index (χ0) is 17.1. The van der Waals surface area contributed by atoms with Gasteiger partial charge >= 0.3 is 0 Å². The molecule has 2 N–H and O–H groups in total. The minimum Gasteiger partial charge on any atom is -0.339 e. The molecule has 0 fully saturated rings. The summed E-state index contributed by atoms with van der Waals surface area (Å²) < 4.78 is 0. The van der Waals surface area contributed by atoms with Crippen LogP contribution in [0.25, 0.3) is 10.9 Å². The maximum Gasteiger partial charge on any atom is 0.249 e. The molecule has 4 rings (SSSR count). The van der Waals surface area contributed by atoms with Crippen LogP contribution in [0.2, 0.25) is 5.02 Å². The second kappa shape index (κ2) is 6.70. The van der Waals surface area contributed by atoms with Gasteiger partial charge in [-0.2, -0.15) is 10.1 Å². The van der Waals surface area contributed by atoms with Gasteiger partial charge in [0.25, 0.3) is 0 Å². The molecule has 0 unspecified atom stereocenters. The molecule has 0 radical (unpaired) electrons. The summed E-state index contributed by atoms with van der Waals surface area (Å²) in [4.78, 5) is 8.85. The number of nitrogens with one attached hydrogen (secondary N) is 2. The first-order valence-electron chi connectivity index (χ1n) is 7.61. The molecule has 0 aliphatic heterocycles. The summed E-state index contributed by atoms with van der Waals surface area (Å²) in [5.41, 5.74) is 2.54. The van der Waals surface area contributed by atoms with Gasteiger partial charge in [0.1, 0.15) is 0 Å². The van der Waals surface area contributed by atoms with Crippen LogP contribution in [0.15, 0.2) is 67.0 Å². The van der Waals surface area contributed by atoms with Crippen molar-refractivity contribution in [3.05, 3.63) is 72.0 Å². The Bertz CT molecular complexity index is 1010. The molecule has 2 aromatic carbocycles. The molecule has 0 saturated heterocycles. The van der Waals surface area contributed by atoms with Gasteiger partial charge < -0.3 is 10.6 Å². The van der Waals surface area contributed by atoms with Gasteiger partial charge in [0.2, 0.25) is 5.95 Å². The normalized spacial score (nSPS) is 10.6. The van der Waals surface area contributed by atoms with E-state index in [4.69, 9.17) is 11.6 Å². The highest BCUT2D eigenvalue weighted by molar-refractivity contribution is 6.30. The molecule has 0 saturated carbocycles. The molecule has 0 spiro atoms. The monoisotopic (exact) mass is 348 g/mol. The van der Waals surface area contributed by atoms with Crippen molar-refractivity contribution in [2.75, 3.05) is 10.6 Å². The predicted octanol–water partition coefficient (Wildman–Crippen LogP) is 4.56. The summed E-state index contributed by atoms with van der Waals surface area (Å²) in [6.45, 7) is 0. The molecule has 2 heterocycles. The molecule has 0 bridgehead atoms. The Morgan fingerprint density at radius 3 is 2.60 bits per heavy atom. The number of aromatic nitrogens is 4. The van der Waals surface area contributed by atoms with E-state index in [2.05, 4.69) is 30.8 Å². The number of hydrogen-bond donors (Lipinski definition) is 2. The van der Waals surface area contributed by atoms with Gasteiger partial charge in [0, 0.05) is 22.3 Å². The Morgan fingerprint density at radius 1 is 0.880 bits per heavy atom. The molecule has 2 aromatic heterocycles. The lowest BCUT2D eigenvalue weighted by Crippen LogP contribution is -2.03. The average Bonchev–Trinajstić information content (AvgIpc) is 2.64. The van der Waals surface area contributed by atoms with Crippen LogP contribution in [0.3, 0.4) is 0 Å². The number of nitrogens with zero attached hydrogens (tertiary/aromatic N) is 4. The average molecular weight is 349 g/mol. The summed E-state index contributed by atoms with van der Waals surface area (Å²) >= 11 is 5.90. The van der Waals surface area contributed by atoms with E-state index >= 15 is 0 Å². The van der Waals surface area contributed by atoms with Crippen LogP contribution < -0.4 is 10.6 Å². The molecule has 0 aliphatic rings. The highest BCUT2D eigenvalue weighted by atomic mass is 35.5. The Kier molecular flexibility index (Phi) is 4.10. The van der Waals surface area contributed by atoms with Crippen molar-refractivity contribution in [2.45, 2.75) is 0 Å². The third-order valence-corrected chi connectivity index (χ3v) is 3.81. The second-order valence-electron chi connectivity index (χ2n) is 5.30. The van der Waals surface area contributed by atoms with Crippen molar-refractivity contribution < 1.29 is 0 Å².